The number of hydrogen-bond acceptors (Lipinski definition) is 2. The zero-order chi connectivity index (χ0) is 7.23. The first kappa shape index (κ1) is 7.09. The molecule has 0 amide bonds. The first-order valence-electron chi connectivity index (χ1n) is 3.17. The molecule has 2 N–H and O–H groups in total. The van der Waals surface area contributed by atoms with E-state index in [0.29, 0.717) is 6.54 Å². The number of hydrogen-bond donors (Lipinski definition) is 1. The average Bonchev–Trinajstić information content (AvgIpc) is 2.03. The summed E-state index contributed by atoms with van der Waals surface area (Å²) in [5, 5.41) is 0. The number of rotatable bonds is 3. The summed E-state index contributed by atoms with van der Waals surface area (Å²) in [7, 11) is 0. The van der Waals surface area contributed by atoms with Crippen LogP contribution in [0.5, 0.6) is 5.75 Å². The van der Waals surface area contributed by atoms with Gasteiger partial charge in [0, 0.05) is 6.54 Å². The van der Waals surface area contributed by atoms with Crippen LogP contribution in [0.4, 0.5) is 0 Å². The van der Waals surface area contributed by atoms with Gasteiger partial charge in [-0.15, -0.1) is 0 Å². The van der Waals surface area contributed by atoms with Crippen molar-refractivity contribution in [3.8, 4) is 5.75 Å². The molecule has 53 valence electrons. The summed E-state index contributed by atoms with van der Waals surface area (Å²) >= 11 is 0. The van der Waals surface area contributed by atoms with Crippen LogP contribution in [-0.2, 0) is 0 Å². The second kappa shape index (κ2) is 3.90. The topological polar surface area (TPSA) is 35.2 Å². The summed E-state index contributed by atoms with van der Waals surface area (Å²) < 4.78 is 5.11. The Bertz CT molecular complexity index is 174. The van der Waals surface area contributed by atoms with Gasteiger partial charge in [0.25, 0.3) is 0 Å². The zero-order valence-corrected chi connectivity index (χ0v) is 5.66. The van der Waals surface area contributed by atoms with Crippen LogP contribution in [0.25, 0.3) is 0 Å². The van der Waals surface area contributed by atoms with Crippen LogP contribution in [0.15, 0.2) is 30.3 Å². The highest BCUT2D eigenvalue weighted by atomic mass is 16.5. The Labute approximate surface area is 60.6 Å². The lowest BCUT2D eigenvalue weighted by Gasteiger charge is -2.00. The number of ether oxygens (including phenoxy) is 1. The third kappa shape index (κ3) is 2.07. The van der Waals surface area contributed by atoms with E-state index in [9.17, 15) is 0 Å². The molecule has 10 heavy (non-hydrogen) atoms. The van der Waals surface area contributed by atoms with Crippen molar-refractivity contribution in [1.82, 2.24) is 0 Å². The molecule has 0 atom stereocenters. The van der Waals surface area contributed by atoms with E-state index >= 15 is 0 Å². The predicted octanol–water partition coefficient (Wildman–Crippen LogP) is 1.19. The largest absolute Gasteiger partial charge is 0.485 e. The maximum atomic E-state index is 5.20. The van der Waals surface area contributed by atoms with Gasteiger partial charge in [-0.05, 0) is 12.1 Å². The molecule has 0 bridgehead atoms. The lowest BCUT2D eigenvalue weighted by atomic mass is 10.3. The number of para-hydroxylation sites is 1. The monoisotopic (exact) mass is 136 g/mol. The minimum absolute atomic E-state index is 0.439. The van der Waals surface area contributed by atoms with Gasteiger partial charge >= 0.3 is 0 Å². The van der Waals surface area contributed by atoms with Crippen molar-refractivity contribution in [2.24, 2.45) is 5.73 Å². The van der Waals surface area contributed by atoms with E-state index in [1.807, 2.05) is 30.3 Å². The van der Waals surface area contributed by atoms with Crippen molar-refractivity contribution in [3.63, 3.8) is 0 Å². The second-order valence-electron chi connectivity index (χ2n) is 1.83. The van der Waals surface area contributed by atoms with Crippen LogP contribution in [0.2, 0.25) is 0 Å². The minimum Gasteiger partial charge on any atom is -0.485 e. The lowest BCUT2D eigenvalue weighted by molar-refractivity contribution is 0.406. The fourth-order valence-corrected chi connectivity index (χ4v) is 0.643. The zero-order valence-electron chi connectivity index (χ0n) is 5.66. The normalized spacial score (nSPS) is 9.30. The Kier molecular flexibility index (Phi) is 2.77. The molecule has 1 rings (SSSR count). The van der Waals surface area contributed by atoms with Gasteiger partial charge in [0.05, 0.1) is 0 Å². The average molecular weight is 136 g/mol. The Morgan fingerprint density at radius 3 is 2.60 bits per heavy atom. The van der Waals surface area contributed by atoms with Crippen LogP contribution in [0.1, 0.15) is 0 Å². The molecule has 0 aromatic heterocycles. The van der Waals surface area contributed by atoms with Gasteiger partial charge < -0.3 is 10.5 Å². The van der Waals surface area contributed by atoms with Gasteiger partial charge in [-0.2, -0.15) is 0 Å². The third-order valence-electron chi connectivity index (χ3n) is 1.06. The van der Waals surface area contributed by atoms with E-state index < -0.39 is 0 Å². The van der Waals surface area contributed by atoms with E-state index in [1.54, 1.807) is 6.61 Å². The van der Waals surface area contributed by atoms with Gasteiger partial charge in [0.15, 0.2) is 0 Å². The molecule has 0 aliphatic heterocycles. The van der Waals surface area contributed by atoms with Gasteiger partial charge in [-0.1, -0.05) is 18.2 Å². The second-order valence-corrected chi connectivity index (χ2v) is 1.83. The summed E-state index contributed by atoms with van der Waals surface area (Å²) in [6, 6.07) is 9.53. The Balaban J connectivity index is 2.43. The van der Waals surface area contributed by atoms with E-state index in [0.717, 1.165) is 5.75 Å². The van der Waals surface area contributed by atoms with Crippen molar-refractivity contribution in [3.05, 3.63) is 36.9 Å². The van der Waals surface area contributed by atoms with Crippen molar-refractivity contribution >= 4 is 0 Å². The molecule has 0 heterocycles. The molecule has 1 aromatic rings. The molecular formula is C8H10NO. The maximum Gasteiger partial charge on any atom is 0.149 e. The van der Waals surface area contributed by atoms with Crippen LogP contribution in [-0.4, -0.2) is 6.54 Å². The molecule has 0 saturated heterocycles. The summed E-state index contributed by atoms with van der Waals surface area (Å²) in [4.78, 5) is 0. The number of benzene rings is 1. The fraction of sp³-hybridized carbons (Fsp3) is 0.125. The first-order chi connectivity index (χ1) is 4.93. The Morgan fingerprint density at radius 1 is 1.30 bits per heavy atom. The summed E-state index contributed by atoms with van der Waals surface area (Å²) in [6.07, 6.45) is 0. The smallest absolute Gasteiger partial charge is 0.149 e. The molecule has 0 fully saturated rings. The summed E-state index contributed by atoms with van der Waals surface area (Å²) in [5.41, 5.74) is 5.20. The minimum atomic E-state index is 0.439. The van der Waals surface area contributed by atoms with Crippen molar-refractivity contribution < 1.29 is 4.74 Å². The summed E-state index contributed by atoms with van der Waals surface area (Å²) in [5.74, 6) is 0.827. The number of nitrogens with two attached hydrogens (primary N) is 1. The highest BCUT2D eigenvalue weighted by Gasteiger charge is 1.87. The van der Waals surface area contributed by atoms with Crippen LogP contribution < -0.4 is 10.5 Å². The molecule has 1 radical (unpaired) electrons. The van der Waals surface area contributed by atoms with E-state index in [2.05, 4.69) is 0 Å². The van der Waals surface area contributed by atoms with E-state index in [-0.39, 0.29) is 0 Å². The van der Waals surface area contributed by atoms with Crippen molar-refractivity contribution in [2.45, 2.75) is 0 Å². The highest BCUT2D eigenvalue weighted by molar-refractivity contribution is 5.21. The molecule has 0 unspecified atom stereocenters. The van der Waals surface area contributed by atoms with Crippen molar-refractivity contribution in [2.75, 3.05) is 6.54 Å². The van der Waals surface area contributed by atoms with Gasteiger partial charge in [-0.25, -0.2) is 0 Å². The fourth-order valence-electron chi connectivity index (χ4n) is 0.643. The molecule has 0 aliphatic carbocycles. The first-order valence-corrected chi connectivity index (χ1v) is 3.17. The van der Waals surface area contributed by atoms with Crippen LogP contribution in [0.3, 0.4) is 0 Å². The highest BCUT2D eigenvalue weighted by Crippen LogP contribution is 2.08. The third-order valence-corrected chi connectivity index (χ3v) is 1.06. The lowest BCUT2D eigenvalue weighted by Crippen LogP contribution is -2.03. The molecule has 2 nitrogen and oxygen atoms in total. The summed E-state index contributed by atoms with van der Waals surface area (Å²) in [6.45, 7) is 2.00. The molecule has 0 aliphatic rings. The molecule has 0 spiro atoms. The standard InChI is InChI=1S/C8H10NO/c9-6-7-10-8-4-2-1-3-5-8/h1-5,7H,6,9H2. The quantitative estimate of drug-likeness (QED) is 0.677. The molecule has 0 saturated carbocycles. The Hall–Kier alpha value is -1.02. The SMILES string of the molecule is NC[CH]Oc1ccccc1. The molecule has 1 aromatic carbocycles. The van der Waals surface area contributed by atoms with Gasteiger partial charge in [-0.3, -0.25) is 0 Å². The van der Waals surface area contributed by atoms with Crippen molar-refractivity contribution in [1.29, 1.82) is 0 Å². The molecule has 2 heteroatoms. The molecular weight excluding hydrogens is 126 g/mol. The van der Waals surface area contributed by atoms with E-state index in [1.165, 1.54) is 0 Å². The maximum absolute atomic E-state index is 5.20. The van der Waals surface area contributed by atoms with Crippen LogP contribution in [0, 0.1) is 6.61 Å². The van der Waals surface area contributed by atoms with Gasteiger partial charge in [0.2, 0.25) is 0 Å². The Morgan fingerprint density at radius 2 is 2.00 bits per heavy atom. The predicted molar refractivity (Wildman–Crippen MR) is 40.4 cm³/mol. The van der Waals surface area contributed by atoms with Gasteiger partial charge in [0.1, 0.15) is 12.4 Å². The van der Waals surface area contributed by atoms with Crippen LogP contribution >= 0.6 is 0 Å². The van der Waals surface area contributed by atoms with E-state index in [4.69, 9.17) is 10.5 Å².